The van der Waals surface area contributed by atoms with E-state index in [1.807, 2.05) is 13.8 Å². The van der Waals surface area contributed by atoms with Crippen molar-refractivity contribution in [3.8, 4) is 5.75 Å². The Kier molecular flexibility index (Phi) is 5.25. The van der Waals surface area contributed by atoms with Gasteiger partial charge in [-0.2, -0.15) is 0 Å². The second kappa shape index (κ2) is 6.26. The van der Waals surface area contributed by atoms with E-state index < -0.39 is 0 Å². The Morgan fingerprint density at radius 2 is 1.61 bits per heavy atom. The Bertz CT molecular complexity index is 350. The molecule has 18 heavy (non-hydrogen) atoms. The van der Waals surface area contributed by atoms with Crippen molar-refractivity contribution < 1.29 is 4.74 Å². The molecule has 1 fully saturated rings. The Balaban J connectivity index is 0.000000771. The summed E-state index contributed by atoms with van der Waals surface area (Å²) in [5, 5.41) is 0. The van der Waals surface area contributed by atoms with Gasteiger partial charge in [-0.25, -0.2) is 0 Å². The van der Waals surface area contributed by atoms with Gasteiger partial charge in [0.25, 0.3) is 0 Å². The van der Waals surface area contributed by atoms with Crippen molar-refractivity contribution in [2.24, 2.45) is 11.3 Å². The third-order valence-electron chi connectivity index (χ3n) is 4.57. The van der Waals surface area contributed by atoms with Gasteiger partial charge in [-0.1, -0.05) is 46.8 Å². The average molecular weight is 248 g/mol. The van der Waals surface area contributed by atoms with Crippen LogP contribution in [0.4, 0.5) is 0 Å². The molecule has 0 radical (unpaired) electrons. The molecule has 1 aliphatic rings. The fraction of sp³-hybridized carbons (Fsp3) is 0.647. The summed E-state index contributed by atoms with van der Waals surface area (Å²) >= 11 is 0. The Morgan fingerprint density at radius 1 is 1.06 bits per heavy atom. The zero-order valence-electron chi connectivity index (χ0n) is 12.8. The zero-order valence-corrected chi connectivity index (χ0v) is 12.8. The highest BCUT2D eigenvalue weighted by atomic mass is 16.5. The standard InChI is InChI=1S/C15H22O.C2H6/c1-11-5-10-14(15(11,2)3)12-6-8-13(16-4)9-7-12;1-2/h6-9,11,14H,5,10H2,1-4H3;1-2H3. The largest absolute Gasteiger partial charge is 0.497 e. The third kappa shape index (κ3) is 2.88. The minimum atomic E-state index is 0.425. The highest BCUT2D eigenvalue weighted by Gasteiger charge is 2.40. The van der Waals surface area contributed by atoms with E-state index in [1.165, 1.54) is 18.4 Å². The van der Waals surface area contributed by atoms with Gasteiger partial charge in [0.05, 0.1) is 7.11 Å². The molecule has 2 unspecified atom stereocenters. The molecule has 0 aliphatic heterocycles. The highest BCUT2D eigenvalue weighted by molar-refractivity contribution is 5.31. The SMILES string of the molecule is CC.COc1ccc(C2CCC(C)C2(C)C)cc1. The molecule has 0 amide bonds. The summed E-state index contributed by atoms with van der Waals surface area (Å²) in [6.07, 6.45) is 2.67. The summed E-state index contributed by atoms with van der Waals surface area (Å²) in [6, 6.07) is 8.61. The predicted molar refractivity (Wildman–Crippen MR) is 79.3 cm³/mol. The highest BCUT2D eigenvalue weighted by Crippen LogP contribution is 2.52. The smallest absolute Gasteiger partial charge is 0.118 e. The fourth-order valence-electron chi connectivity index (χ4n) is 2.94. The van der Waals surface area contributed by atoms with E-state index in [0.717, 1.165) is 11.7 Å². The van der Waals surface area contributed by atoms with Crippen LogP contribution in [-0.2, 0) is 0 Å². The molecule has 0 spiro atoms. The molecule has 0 heterocycles. The van der Waals surface area contributed by atoms with Crippen LogP contribution in [0.15, 0.2) is 24.3 Å². The van der Waals surface area contributed by atoms with Crippen molar-refractivity contribution in [2.45, 2.75) is 53.4 Å². The lowest BCUT2D eigenvalue weighted by molar-refractivity contribution is 0.248. The summed E-state index contributed by atoms with van der Waals surface area (Å²) in [5.41, 5.74) is 1.89. The Labute approximate surface area is 113 Å². The van der Waals surface area contributed by atoms with Gasteiger partial charge >= 0.3 is 0 Å². The van der Waals surface area contributed by atoms with E-state index in [-0.39, 0.29) is 0 Å². The maximum atomic E-state index is 5.20. The number of methoxy groups -OCH3 is 1. The van der Waals surface area contributed by atoms with Crippen LogP contribution in [0.1, 0.15) is 58.9 Å². The van der Waals surface area contributed by atoms with Crippen molar-refractivity contribution in [1.29, 1.82) is 0 Å². The van der Waals surface area contributed by atoms with Gasteiger partial charge in [0.15, 0.2) is 0 Å². The summed E-state index contributed by atoms with van der Waals surface area (Å²) in [6.45, 7) is 11.2. The van der Waals surface area contributed by atoms with Crippen LogP contribution in [-0.4, -0.2) is 7.11 Å². The summed E-state index contributed by atoms with van der Waals surface area (Å²) in [7, 11) is 1.72. The fourth-order valence-corrected chi connectivity index (χ4v) is 2.94. The van der Waals surface area contributed by atoms with E-state index in [4.69, 9.17) is 4.74 Å². The molecule has 102 valence electrons. The molecule has 0 bridgehead atoms. The van der Waals surface area contributed by atoms with Crippen LogP contribution in [0.2, 0.25) is 0 Å². The molecule has 2 atom stereocenters. The molecule has 1 aromatic carbocycles. The molecule has 0 saturated heterocycles. The van der Waals surface area contributed by atoms with Crippen molar-refractivity contribution in [3.05, 3.63) is 29.8 Å². The third-order valence-corrected chi connectivity index (χ3v) is 4.57. The number of hydrogen-bond acceptors (Lipinski definition) is 1. The van der Waals surface area contributed by atoms with Gasteiger partial charge in [-0.15, -0.1) is 0 Å². The zero-order chi connectivity index (χ0) is 13.8. The summed E-state index contributed by atoms with van der Waals surface area (Å²) in [4.78, 5) is 0. The summed E-state index contributed by atoms with van der Waals surface area (Å²) < 4.78 is 5.20. The van der Waals surface area contributed by atoms with Gasteiger partial charge in [0.1, 0.15) is 5.75 Å². The first-order valence-corrected chi connectivity index (χ1v) is 7.19. The second-order valence-corrected chi connectivity index (χ2v) is 5.63. The van der Waals surface area contributed by atoms with E-state index in [1.54, 1.807) is 7.11 Å². The normalized spacial score (nSPS) is 25.2. The lowest BCUT2D eigenvalue weighted by atomic mass is 9.73. The number of hydrogen-bond donors (Lipinski definition) is 0. The van der Waals surface area contributed by atoms with E-state index in [9.17, 15) is 0 Å². The average Bonchev–Trinajstić information content (AvgIpc) is 2.67. The van der Waals surface area contributed by atoms with Crippen LogP contribution in [0.3, 0.4) is 0 Å². The predicted octanol–water partition coefficient (Wildman–Crippen LogP) is 5.26. The van der Waals surface area contributed by atoms with E-state index in [0.29, 0.717) is 11.3 Å². The van der Waals surface area contributed by atoms with Gasteiger partial charge in [-0.3, -0.25) is 0 Å². The maximum Gasteiger partial charge on any atom is 0.118 e. The van der Waals surface area contributed by atoms with Crippen molar-refractivity contribution in [3.63, 3.8) is 0 Å². The first-order valence-electron chi connectivity index (χ1n) is 7.19. The minimum absolute atomic E-state index is 0.425. The molecule has 0 aromatic heterocycles. The quantitative estimate of drug-likeness (QED) is 0.693. The minimum Gasteiger partial charge on any atom is -0.497 e. The van der Waals surface area contributed by atoms with Gasteiger partial charge in [0.2, 0.25) is 0 Å². The first kappa shape index (κ1) is 15.1. The number of ether oxygens (including phenoxy) is 1. The molecular formula is C17H28O. The van der Waals surface area contributed by atoms with Gasteiger partial charge in [0, 0.05) is 0 Å². The number of benzene rings is 1. The first-order chi connectivity index (χ1) is 8.55. The maximum absolute atomic E-state index is 5.20. The number of rotatable bonds is 2. The topological polar surface area (TPSA) is 9.23 Å². The van der Waals surface area contributed by atoms with Crippen LogP contribution in [0, 0.1) is 11.3 Å². The lowest BCUT2D eigenvalue weighted by Gasteiger charge is -2.31. The van der Waals surface area contributed by atoms with Crippen LogP contribution >= 0.6 is 0 Å². The van der Waals surface area contributed by atoms with Crippen LogP contribution in [0.25, 0.3) is 0 Å². The lowest BCUT2D eigenvalue weighted by Crippen LogP contribution is -2.21. The molecule has 1 nitrogen and oxygen atoms in total. The van der Waals surface area contributed by atoms with Crippen molar-refractivity contribution in [1.82, 2.24) is 0 Å². The van der Waals surface area contributed by atoms with E-state index in [2.05, 4.69) is 45.0 Å². The monoisotopic (exact) mass is 248 g/mol. The second-order valence-electron chi connectivity index (χ2n) is 5.63. The van der Waals surface area contributed by atoms with Crippen molar-refractivity contribution in [2.75, 3.05) is 7.11 Å². The molecule has 1 aliphatic carbocycles. The molecule has 1 aromatic rings. The van der Waals surface area contributed by atoms with Crippen LogP contribution in [0.5, 0.6) is 5.75 Å². The van der Waals surface area contributed by atoms with E-state index >= 15 is 0 Å². The molecule has 0 N–H and O–H groups in total. The molecule has 2 rings (SSSR count). The molecular weight excluding hydrogens is 220 g/mol. The van der Waals surface area contributed by atoms with Gasteiger partial charge in [-0.05, 0) is 47.8 Å². The summed E-state index contributed by atoms with van der Waals surface area (Å²) in [5.74, 6) is 2.47. The van der Waals surface area contributed by atoms with Gasteiger partial charge < -0.3 is 4.74 Å². The van der Waals surface area contributed by atoms with Crippen molar-refractivity contribution >= 4 is 0 Å². The van der Waals surface area contributed by atoms with Crippen LogP contribution < -0.4 is 4.74 Å². The Hall–Kier alpha value is -0.980. The molecule has 1 saturated carbocycles. The Morgan fingerprint density at radius 3 is 2.00 bits per heavy atom. The molecule has 1 heteroatoms.